The molecule has 0 saturated carbocycles. The summed E-state index contributed by atoms with van der Waals surface area (Å²) in [5.74, 6) is 6.95. The summed E-state index contributed by atoms with van der Waals surface area (Å²) in [5.41, 5.74) is 7.02. The molecule has 0 aliphatic heterocycles. The Morgan fingerprint density at radius 3 is 2.35 bits per heavy atom. The normalized spacial score (nSPS) is 12.1. The van der Waals surface area contributed by atoms with E-state index in [0.29, 0.717) is 16.8 Å². The van der Waals surface area contributed by atoms with E-state index >= 15 is 0 Å². The number of aromatic nitrogens is 2. The fraction of sp³-hybridized carbons (Fsp3) is 0.150. The summed E-state index contributed by atoms with van der Waals surface area (Å²) in [6.07, 6.45) is 2.06. The summed E-state index contributed by atoms with van der Waals surface area (Å²) < 4.78 is 34.6. The summed E-state index contributed by atoms with van der Waals surface area (Å²) in [6.45, 7) is 4.11. The Morgan fingerprint density at radius 2 is 1.61 bits per heavy atom. The third-order valence-corrected chi connectivity index (χ3v) is 13.4. The zero-order valence-corrected chi connectivity index (χ0v) is 31.7. The molecule has 0 amide bonds. The van der Waals surface area contributed by atoms with Gasteiger partial charge in [0, 0.05) is 33.7 Å². The molecule has 3 heterocycles. The Bertz CT molecular complexity index is 2210. The number of hydrogen-bond acceptors (Lipinski definition) is 3. The molecule has 4 aromatic carbocycles. The van der Waals surface area contributed by atoms with Gasteiger partial charge in [0.25, 0.3) is 0 Å². The molecule has 1 radical (unpaired) electrons. The van der Waals surface area contributed by atoms with Gasteiger partial charge in [-0.3, -0.25) is 0 Å². The standard InChI is InChI=1S/C25H17FNS.C15H18GeN.Ir/c1-16-5-2-3-6-18(16)13-17-11-12-27-23(14-17)22-8-4-7-21-20-10-9-19(26)15-24(20)28-25(21)22;1-12-10-15(13-8-6-5-7-9-13)17-11-14(12)16(2,3)4;/h2-7,9-12,14-15H,13H2,1H3;5-8,10-11H,1-4H3;/q2*-1;/i13D2;;. The number of halogens is 1. The third kappa shape index (κ3) is 7.56. The van der Waals surface area contributed by atoms with Gasteiger partial charge in [0.1, 0.15) is 5.82 Å². The van der Waals surface area contributed by atoms with Crippen LogP contribution in [0.15, 0.2) is 109 Å². The van der Waals surface area contributed by atoms with Gasteiger partial charge in [-0.2, -0.15) is 11.3 Å². The van der Waals surface area contributed by atoms with E-state index in [1.165, 1.54) is 27.4 Å². The van der Waals surface area contributed by atoms with Crippen LogP contribution < -0.4 is 4.40 Å². The number of pyridine rings is 2. The molecule has 2 nitrogen and oxygen atoms in total. The van der Waals surface area contributed by atoms with Crippen LogP contribution in [0.4, 0.5) is 4.39 Å². The molecule has 7 aromatic rings. The van der Waals surface area contributed by atoms with Crippen molar-refractivity contribution in [1.82, 2.24) is 9.97 Å². The van der Waals surface area contributed by atoms with E-state index in [1.54, 1.807) is 30.5 Å². The molecule has 0 unspecified atom stereocenters. The van der Waals surface area contributed by atoms with Crippen LogP contribution in [0.3, 0.4) is 0 Å². The van der Waals surface area contributed by atoms with Crippen LogP contribution in [0.1, 0.15) is 25.0 Å². The SMILES string of the molecule is Cc1cc(-c2[c-]cccc2)nc[c]1[Ge]([CH3])([CH3])[CH3].[2H]C([2H])(c1ccnc(-c2[c-]ccc3c2sc2cc(F)ccc23)c1)c1ccccc1C.[Ir]. The monoisotopic (exact) mass is 863 g/mol. The summed E-state index contributed by atoms with van der Waals surface area (Å²) >= 11 is -0.268. The predicted molar refractivity (Wildman–Crippen MR) is 192 cm³/mol. The Hall–Kier alpha value is -3.48. The average Bonchev–Trinajstić information content (AvgIpc) is 3.43. The maximum atomic E-state index is 13.7. The molecule has 0 saturated heterocycles. The zero-order valence-electron chi connectivity index (χ0n) is 28.4. The molecule has 0 N–H and O–H groups in total. The number of thiophene rings is 1. The van der Waals surface area contributed by atoms with E-state index in [1.807, 2.05) is 61.5 Å². The van der Waals surface area contributed by atoms with Crippen molar-refractivity contribution >= 4 is 49.2 Å². The molecule has 0 spiro atoms. The first-order chi connectivity index (χ1) is 22.4. The van der Waals surface area contributed by atoms with E-state index in [-0.39, 0.29) is 25.9 Å². The van der Waals surface area contributed by atoms with Crippen LogP contribution in [-0.4, -0.2) is 23.2 Å². The molecule has 7 rings (SSSR count). The van der Waals surface area contributed by atoms with Crippen molar-refractivity contribution in [3.63, 3.8) is 0 Å². The maximum absolute atomic E-state index is 13.7. The van der Waals surface area contributed by atoms with Crippen molar-refractivity contribution in [2.24, 2.45) is 0 Å². The molecule has 0 aliphatic rings. The molecule has 6 heteroatoms. The van der Waals surface area contributed by atoms with E-state index in [2.05, 4.69) is 64.6 Å². The molecule has 0 fully saturated rings. The van der Waals surface area contributed by atoms with Gasteiger partial charge >= 0.3 is 106 Å². The third-order valence-electron chi connectivity index (χ3n) is 7.74. The summed E-state index contributed by atoms with van der Waals surface area (Å²) in [4.78, 5) is 9.10. The van der Waals surface area contributed by atoms with Crippen molar-refractivity contribution in [2.45, 2.75) is 37.5 Å². The molecule has 233 valence electrons. The quantitative estimate of drug-likeness (QED) is 0.127. The van der Waals surface area contributed by atoms with Crippen molar-refractivity contribution in [3.8, 4) is 22.5 Å². The molecule has 46 heavy (non-hydrogen) atoms. The number of hydrogen-bond donors (Lipinski definition) is 0. The minimum absolute atomic E-state index is 0. The van der Waals surface area contributed by atoms with Crippen LogP contribution in [0.25, 0.3) is 42.7 Å². The minimum atomic E-state index is -1.77. The number of nitrogens with zero attached hydrogens (tertiary/aromatic N) is 2. The predicted octanol–water partition coefficient (Wildman–Crippen LogP) is 10.4. The Morgan fingerprint density at radius 1 is 0.804 bits per heavy atom. The zero-order chi connectivity index (χ0) is 33.3. The minimum Gasteiger partial charge on any atom is -0.305 e. The van der Waals surface area contributed by atoms with Gasteiger partial charge in [0.05, 0.1) is 0 Å². The van der Waals surface area contributed by atoms with Crippen LogP contribution in [0, 0.1) is 31.8 Å². The molecular weight excluding hydrogens is 824 g/mol. The average molecular weight is 862 g/mol. The number of aryl methyl sites for hydroxylation is 2. The van der Waals surface area contributed by atoms with E-state index in [9.17, 15) is 4.39 Å². The van der Waals surface area contributed by atoms with E-state index in [4.69, 9.17) is 2.74 Å². The fourth-order valence-electron chi connectivity index (χ4n) is 5.46. The largest absolute Gasteiger partial charge is 0.305 e. The second-order valence-electron chi connectivity index (χ2n) is 12.1. The number of benzene rings is 4. The summed E-state index contributed by atoms with van der Waals surface area (Å²) in [6, 6.07) is 36.3. The first-order valence-corrected chi connectivity index (χ1v) is 23.1. The number of fused-ring (bicyclic) bond motifs is 3. The van der Waals surface area contributed by atoms with Gasteiger partial charge in [0.15, 0.2) is 0 Å². The van der Waals surface area contributed by atoms with Gasteiger partial charge in [-0.15, -0.1) is 23.8 Å². The van der Waals surface area contributed by atoms with Crippen LogP contribution in [0.2, 0.25) is 17.3 Å². The Balaban J connectivity index is 0.000000214. The first kappa shape index (κ1) is 31.1. The van der Waals surface area contributed by atoms with E-state index in [0.717, 1.165) is 42.6 Å². The molecule has 0 atom stereocenters. The van der Waals surface area contributed by atoms with Gasteiger partial charge < -0.3 is 4.98 Å². The second-order valence-corrected chi connectivity index (χ2v) is 23.7. The molecule has 0 bridgehead atoms. The van der Waals surface area contributed by atoms with Crippen LogP contribution in [0.5, 0.6) is 0 Å². The molecule has 3 aromatic heterocycles. The first-order valence-electron chi connectivity index (χ1n) is 15.9. The van der Waals surface area contributed by atoms with Gasteiger partial charge in [-0.05, 0) is 64.0 Å². The smallest absolute Gasteiger partial charge is 0.124 e. The Kier molecular flexibility index (Phi) is 9.83. The summed E-state index contributed by atoms with van der Waals surface area (Å²) in [5, 5.41) is 2.02. The molecule has 0 aliphatic carbocycles. The van der Waals surface area contributed by atoms with Crippen molar-refractivity contribution in [3.05, 3.63) is 150 Å². The Labute approximate surface area is 294 Å². The second kappa shape index (κ2) is 14.5. The number of rotatable bonds is 5. The van der Waals surface area contributed by atoms with E-state index < -0.39 is 19.6 Å². The van der Waals surface area contributed by atoms with Gasteiger partial charge in [-0.1, -0.05) is 41.8 Å². The van der Waals surface area contributed by atoms with Gasteiger partial charge in [-0.25, -0.2) is 4.39 Å². The van der Waals surface area contributed by atoms with Crippen molar-refractivity contribution < 1.29 is 27.2 Å². The fourth-order valence-corrected chi connectivity index (χ4v) is 10.3. The van der Waals surface area contributed by atoms with Gasteiger partial charge in [0.2, 0.25) is 0 Å². The van der Waals surface area contributed by atoms with Crippen molar-refractivity contribution in [1.29, 1.82) is 0 Å². The van der Waals surface area contributed by atoms with Crippen LogP contribution >= 0.6 is 11.3 Å². The van der Waals surface area contributed by atoms with Crippen molar-refractivity contribution in [2.75, 3.05) is 0 Å². The topological polar surface area (TPSA) is 25.8 Å². The molecular formula is C40H35FGeIrN2S-2. The summed E-state index contributed by atoms with van der Waals surface area (Å²) in [7, 11) is 0. The van der Waals surface area contributed by atoms with Crippen LogP contribution in [-0.2, 0) is 26.5 Å². The maximum Gasteiger partial charge on any atom is 0.124 e.